The molecule has 0 aliphatic rings. The van der Waals surface area contributed by atoms with E-state index >= 15 is 0 Å². The fourth-order valence-electron chi connectivity index (χ4n) is 1.72. The molecule has 9 nitrogen and oxygen atoms in total. The molecule has 6 N–H and O–H groups in total. The molecule has 0 aliphatic heterocycles. The van der Waals surface area contributed by atoms with E-state index in [2.05, 4.69) is 20.8 Å². The number of hydrogen-bond donors (Lipinski definition) is 5. The fraction of sp³-hybridized carbons (Fsp3) is 0.500. The van der Waals surface area contributed by atoms with Crippen LogP contribution in [0.1, 0.15) is 24.1 Å². The van der Waals surface area contributed by atoms with Gasteiger partial charge in [0.05, 0.1) is 12.6 Å². The molecule has 0 aliphatic carbocycles. The van der Waals surface area contributed by atoms with Crippen LogP contribution in [0.4, 0.5) is 4.79 Å². The predicted molar refractivity (Wildman–Crippen MR) is 73.4 cm³/mol. The first-order valence-electron chi connectivity index (χ1n) is 6.44. The Morgan fingerprint density at radius 1 is 1.48 bits per heavy atom. The number of carboxylic acid groups (broad SMARTS) is 1. The third-order valence-corrected chi connectivity index (χ3v) is 2.85. The zero-order chi connectivity index (χ0) is 15.8. The number of hydrogen-bond acceptors (Lipinski definition) is 4. The minimum atomic E-state index is -1.32. The monoisotopic (exact) mass is 297 g/mol. The Balaban J connectivity index is 2.28. The van der Waals surface area contributed by atoms with Crippen molar-refractivity contribution in [3.63, 3.8) is 0 Å². The van der Waals surface area contributed by atoms with E-state index in [-0.39, 0.29) is 0 Å². The highest BCUT2D eigenvalue weighted by Crippen LogP contribution is 2.04. The third-order valence-electron chi connectivity index (χ3n) is 2.85. The average molecular weight is 297 g/mol. The van der Waals surface area contributed by atoms with Gasteiger partial charge < -0.3 is 21.5 Å². The number of rotatable bonds is 8. The van der Waals surface area contributed by atoms with E-state index in [1.807, 2.05) is 6.92 Å². The van der Waals surface area contributed by atoms with Gasteiger partial charge in [-0.25, -0.2) is 9.59 Å². The summed E-state index contributed by atoms with van der Waals surface area (Å²) in [7, 11) is 0. The number of carbonyl (C=O) groups is 3. The van der Waals surface area contributed by atoms with Gasteiger partial charge in [0.15, 0.2) is 0 Å². The van der Waals surface area contributed by atoms with Crippen molar-refractivity contribution in [1.29, 1.82) is 0 Å². The van der Waals surface area contributed by atoms with Crippen molar-refractivity contribution in [3.8, 4) is 0 Å². The Bertz CT molecular complexity index is 514. The third kappa shape index (κ3) is 5.93. The molecule has 0 fully saturated rings. The molecule has 9 heteroatoms. The second-order valence-electron chi connectivity index (χ2n) is 4.59. The number of nitrogens with zero attached hydrogens (tertiary/aromatic N) is 1. The van der Waals surface area contributed by atoms with Crippen LogP contribution in [0.2, 0.25) is 0 Å². The van der Waals surface area contributed by atoms with E-state index in [0.29, 0.717) is 13.0 Å². The van der Waals surface area contributed by atoms with Crippen LogP contribution < -0.4 is 16.4 Å². The van der Waals surface area contributed by atoms with Crippen molar-refractivity contribution in [1.82, 2.24) is 20.8 Å². The largest absolute Gasteiger partial charge is 0.480 e. The van der Waals surface area contributed by atoms with Gasteiger partial charge in [-0.15, -0.1) is 0 Å². The van der Waals surface area contributed by atoms with Gasteiger partial charge in [0.1, 0.15) is 6.04 Å². The lowest BCUT2D eigenvalue weighted by Crippen LogP contribution is -2.47. The van der Waals surface area contributed by atoms with Crippen LogP contribution in [0, 0.1) is 6.92 Å². The van der Waals surface area contributed by atoms with Crippen molar-refractivity contribution in [2.45, 2.75) is 32.2 Å². The molecule has 3 amide bonds. The molecular formula is C12H19N5O4. The van der Waals surface area contributed by atoms with Crippen LogP contribution in [0.25, 0.3) is 0 Å². The summed E-state index contributed by atoms with van der Waals surface area (Å²) in [6.07, 6.45) is 2.70. The van der Waals surface area contributed by atoms with Crippen LogP contribution in [-0.2, 0) is 16.0 Å². The number of carbonyl (C=O) groups excluding carboxylic acids is 2. The summed E-state index contributed by atoms with van der Waals surface area (Å²) in [6.45, 7) is 2.28. The first-order chi connectivity index (χ1) is 9.90. The molecule has 1 heterocycles. The smallest absolute Gasteiger partial charge is 0.326 e. The lowest BCUT2D eigenvalue weighted by atomic mass is 10.1. The Labute approximate surface area is 121 Å². The van der Waals surface area contributed by atoms with E-state index in [0.717, 1.165) is 17.7 Å². The zero-order valence-corrected chi connectivity index (χ0v) is 11.7. The molecule has 0 radical (unpaired) electrons. The number of aliphatic carboxylic acids is 1. The molecule has 1 atom stereocenters. The highest BCUT2D eigenvalue weighted by Gasteiger charge is 2.21. The van der Waals surface area contributed by atoms with Gasteiger partial charge in [-0.2, -0.15) is 5.10 Å². The van der Waals surface area contributed by atoms with E-state index in [9.17, 15) is 14.4 Å². The number of aromatic amines is 1. The molecule has 116 valence electrons. The maximum Gasteiger partial charge on any atom is 0.326 e. The number of nitrogens with two attached hydrogens (primary N) is 1. The van der Waals surface area contributed by atoms with Crippen LogP contribution in [0.3, 0.4) is 0 Å². The van der Waals surface area contributed by atoms with E-state index in [1.54, 1.807) is 6.20 Å². The van der Waals surface area contributed by atoms with Gasteiger partial charge in [0.25, 0.3) is 0 Å². The molecule has 0 saturated carbocycles. The van der Waals surface area contributed by atoms with Crippen molar-refractivity contribution in [3.05, 3.63) is 17.5 Å². The highest BCUT2D eigenvalue weighted by molar-refractivity contribution is 5.87. The Kier molecular flexibility index (Phi) is 6.18. The van der Waals surface area contributed by atoms with Crippen LogP contribution >= 0.6 is 0 Å². The summed E-state index contributed by atoms with van der Waals surface area (Å²) in [5.74, 6) is -2.10. The van der Waals surface area contributed by atoms with Gasteiger partial charge >= 0.3 is 12.0 Å². The van der Waals surface area contributed by atoms with Crippen LogP contribution in [-0.4, -0.2) is 45.8 Å². The van der Waals surface area contributed by atoms with E-state index in [1.165, 1.54) is 0 Å². The lowest BCUT2D eigenvalue weighted by molar-refractivity contribution is -0.140. The van der Waals surface area contributed by atoms with Gasteiger partial charge in [-0.1, -0.05) is 0 Å². The van der Waals surface area contributed by atoms with Crippen molar-refractivity contribution >= 4 is 17.9 Å². The quantitative estimate of drug-likeness (QED) is 0.401. The van der Waals surface area contributed by atoms with Crippen LogP contribution in [0.5, 0.6) is 0 Å². The van der Waals surface area contributed by atoms with Gasteiger partial charge in [-0.05, 0) is 25.3 Å². The maximum atomic E-state index is 11.5. The van der Waals surface area contributed by atoms with Crippen LogP contribution in [0.15, 0.2) is 6.20 Å². The first-order valence-corrected chi connectivity index (χ1v) is 6.44. The lowest BCUT2D eigenvalue weighted by Gasteiger charge is -2.13. The molecule has 1 aromatic heterocycles. The number of H-pyrrole nitrogens is 1. The summed E-state index contributed by atoms with van der Waals surface area (Å²) < 4.78 is 0. The summed E-state index contributed by atoms with van der Waals surface area (Å²) in [5, 5.41) is 20.3. The van der Waals surface area contributed by atoms with E-state index < -0.39 is 30.4 Å². The minimum absolute atomic E-state index is 0.374. The second kappa shape index (κ2) is 7.88. The maximum absolute atomic E-state index is 11.5. The molecule has 0 spiro atoms. The zero-order valence-electron chi connectivity index (χ0n) is 11.7. The topological polar surface area (TPSA) is 150 Å². The Morgan fingerprint density at radius 2 is 2.19 bits per heavy atom. The van der Waals surface area contributed by atoms with Gasteiger partial charge in [0.2, 0.25) is 5.91 Å². The summed E-state index contributed by atoms with van der Waals surface area (Å²) in [4.78, 5) is 33.0. The number of primary amides is 1. The molecule has 0 aromatic carbocycles. The number of carboxylic acids is 1. The first kappa shape index (κ1) is 16.5. The molecule has 21 heavy (non-hydrogen) atoms. The minimum Gasteiger partial charge on any atom is -0.480 e. The summed E-state index contributed by atoms with van der Waals surface area (Å²) in [6, 6.07) is -1.97. The molecule has 1 aromatic rings. The number of urea groups is 1. The molecular weight excluding hydrogens is 278 g/mol. The molecule has 1 rings (SSSR count). The number of aromatic nitrogens is 2. The van der Waals surface area contributed by atoms with Crippen molar-refractivity contribution < 1.29 is 19.5 Å². The van der Waals surface area contributed by atoms with E-state index in [4.69, 9.17) is 10.8 Å². The highest BCUT2D eigenvalue weighted by atomic mass is 16.4. The SMILES string of the molecule is Cc1[nH]ncc1CCCNC(=O)N[C@H](CC(N)=O)C(=O)O. The van der Waals surface area contributed by atoms with Crippen molar-refractivity contribution in [2.75, 3.05) is 6.54 Å². The second-order valence-corrected chi connectivity index (χ2v) is 4.59. The van der Waals surface area contributed by atoms with Gasteiger partial charge in [-0.3, -0.25) is 9.89 Å². The molecule has 0 unspecified atom stereocenters. The Hall–Kier alpha value is -2.58. The number of nitrogens with one attached hydrogen (secondary N) is 3. The Morgan fingerprint density at radius 3 is 2.71 bits per heavy atom. The standard InChI is InChI=1S/C12H19N5O4/c1-7-8(6-15-17-7)3-2-4-14-12(21)16-9(11(19)20)5-10(13)18/h6,9H,2-5H2,1H3,(H2,13,18)(H,15,17)(H,19,20)(H2,14,16,21)/t9-/m1/s1. The average Bonchev–Trinajstić information content (AvgIpc) is 2.79. The molecule has 0 saturated heterocycles. The fourth-order valence-corrected chi connectivity index (χ4v) is 1.72. The number of amides is 3. The van der Waals surface area contributed by atoms with Crippen molar-refractivity contribution in [2.24, 2.45) is 5.73 Å². The molecule has 0 bridgehead atoms. The predicted octanol–water partition coefficient (Wildman–Crippen LogP) is -0.721. The van der Waals surface area contributed by atoms with Gasteiger partial charge in [0, 0.05) is 12.2 Å². The summed E-state index contributed by atoms with van der Waals surface area (Å²) in [5.41, 5.74) is 6.96. The normalized spacial score (nSPS) is 11.7. The number of aryl methyl sites for hydroxylation is 2. The summed E-state index contributed by atoms with van der Waals surface area (Å²) >= 11 is 0.